The molecule has 0 radical (unpaired) electrons. The van der Waals surface area contributed by atoms with Crippen LogP contribution in [0.4, 0.5) is 68.2 Å². The predicted octanol–water partition coefficient (Wildman–Crippen LogP) is 10.3. The highest BCUT2D eigenvalue weighted by Crippen LogP contribution is 2.56. The van der Waals surface area contributed by atoms with Gasteiger partial charge >= 0.3 is 0 Å². The first-order valence-electron chi connectivity index (χ1n) is 25.2. The lowest BCUT2D eigenvalue weighted by molar-refractivity contribution is 1.16. The molecule has 4 nitrogen and oxygen atoms in total. The molecule has 0 atom stereocenters. The van der Waals surface area contributed by atoms with Gasteiger partial charge in [0.25, 0.3) is 20.1 Å². The Morgan fingerprint density at radius 2 is 0.764 bits per heavy atom. The van der Waals surface area contributed by atoms with Crippen molar-refractivity contribution in [1.82, 2.24) is 0 Å². The Labute approximate surface area is 422 Å². The summed E-state index contributed by atoms with van der Waals surface area (Å²) in [7, 11) is 0. The number of nitrogens with zero attached hydrogens (tertiary/aromatic N) is 4. The molecule has 0 bridgehead atoms. The third-order valence-electron chi connectivity index (χ3n) is 16.9. The maximum Gasteiger partial charge on any atom is 0.252 e. The van der Waals surface area contributed by atoms with E-state index in [1.165, 1.54) is 143 Å². The van der Waals surface area contributed by atoms with E-state index in [2.05, 4.69) is 244 Å². The van der Waals surface area contributed by atoms with E-state index >= 15 is 0 Å². The van der Waals surface area contributed by atoms with Gasteiger partial charge in [0.05, 0.1) is 11.4 Å². The van der Waals surface area contributed by atoms with Crippen LogP contribution in [0.2, 0.25) is 0 Å². The third kappa shape index (κ3) is 4.62. The predicted molar refractivity (Wildman–Crippen MR) is 306 cm³/mol. The van der Waals surface area contributed by atoms with Gasteiger partial charge < -0.3 is 19.6 Å². The molecule has 0 N–H and O–H groups in total. The van der Waals surface area contributed by atoms with Crippen LogP contribution in [-0.4, -0.2) is 20.1 Å². The molecule has 0 amide bonds. The zero-order valence-electron chi connectivity index (χ0n) is 38.8. The second-order valence-electron chi connectivity index (χ2n) is 20.2. The fourth-order valence-corrected chi connectivity index (χ4v) is 15.4. The van der Waals surface area contributed by atoms with Crippen LogP contribution >= 0.6 is 11.8 Å². The van der Waals surface area contributed by atoms with Crippen molar-refractivity contribution in [1.29, 1.82) is 0 Å². The zero-order valence-corrected chi connectivity index (χ0v) is 39.6. The van der Waals surface area contributed by atoms with Crippen LogP contribution < -0.4 is 68.8 Å². The molecule has 328 valence electrons. The Morgan fingerprint density at radius 1 is 0.292 bits per heavy atom. The Morgan fingerprint density at radius 3 is 1.39 bits per heavy atom. The highest BCUT2D eigenvalue weighted by molar-refractivity contribution is 7.99. The van der Waals surface area contributed by atoms with E-state index in [0.717, 1.165) is 5.69 Å². The van der Waals surface area contributed by atoms with Crippen LogP contribution in [0.15, 0.2) is 234 Å². The molecule has 8 heteroatoms. The number of hydrogen-bond acceptors (Lipinski definition) is 5. The summed E-state index contributed by atoms with van der Waals surface area (Å²) in [5.41, 5.74) is 30.0. The Bertz CT molecular complexity index is 4270. The van der Waals surface area contributed by atoms with E-state index in [9.17, 15) is 0 Å². The molecule has 7 aliphatic rings. The number of para-hydroxylation sites is 6. The zero-order chi connectivity index (χ0) is 46.5. The fraction of sp³-hybridized carbons (Fsp3) is 0. The van der Waals surface area contributed by atoms with Gasteiger partial charge in [-0.15, -0.1) is 0 Å². The minimum atomic E-state index is -0.0724. The van der Waals surface area contributed by atoms with Crippen molar-refractivity contribution in [2.75, 3.05) is 19.6 Å². The van der Waals surface area contributed by atoms with E-state index in [-0.39, 0.29) is 20.1 Å². The van der Waals surface area contributed by atoms with Gasteiger partial charge in [-0.25, -0.2) is 0 Å². The molecular weight excluding hydrogens is 889 g/mol. The molecule has 7 heterocycles. The molecule has 72 heavy (non-hydrogen) atoms. The van der Waals surface area contributed by atoms with Gasteiger partial charge in [0.1, 0.15) is 0 Å². The Hall–Kier alpha value is -8.58. The first-order chi connectivity index (χ1) is 35.8. The van der Waals surface area contributed by atoms with E-state index in [0.29, 0.717) is 0 Å². The highest BCUT2D eigenvalue weighted by atomic mass is 32.2. The molecule has 0 fully saturated rings. The maximum absolute atomic E-state index is 2.72. The molecule has 0 saturated heterocycles. The van der Waals surface area contributed by atoms with E-state index in [1.807, 2.05) is 11.8 Å². The molecule has 7 aliphatic heterocycles. The van der Waals surface area contributed by atoms with Crippen molar-refractivity contribution < 1.29 is 0 Å². The van der Waals surface area contributed by atoms with Crippen molar-refractivity contribution in [2.45, 2.75) is 9.79 Å². The van der Waals surface area contributed by atoms with Gasteiger partial charge in [-0.2, -0.15) is 0 Å². The van der Waals surface area contributed by atoms with Gasteiger partial charge in [0.15, 0.2) is 0 Å². The second-order valence-corrected chi connectivity index (χ2v) is 21.3. The third-order valence-corrected chi connectivity index (χ3v) is 18.1. The van der Waals surface area contributed by atoms with Crippen molar-refractivity contribution in [3.05, 3.63) is 224 Å². The quantitative estimate of drug-likeness (QED) is 0.160. The van der Waals surface area contributed by atoms with Crippen LogP contribution in [-0.2, 0) is 0 Å². The molecule has 0 saturated carbocycles. The maximum atomic E-state index is 2.72. The molecular formula is C64H37B3N4S. The van der Waals surface area contributed by atoms with Crippen LogP contribution in [0.25, 0.3) is 21.9 Å². The van der Waals surface area contributed by atoms with Gasteiger partial charge in [0.2, 0.25) is 0 Å². The normalized spacial score (nSPS) is 14.7. The van der Waals surface area contributed by atoms with Gasteiger partial charge in [-0.3, -0.25) is 0 Å². The molecule has 0 aromatic heterocycles. The standard InChI is InChI=1S/C64H37B3N4S/c1-2-19-40(20-3-1)68-54-31-14-15-32-57(54)72-58-36-48-55(37-56(58)68)71-52-30-13-9-26-46(52)66-44-24-7-11-28-50(44)69-49-27-10-6-23-43(49)65-45-25-8-12-29-51(45)70-53-34-33-39(42-22-16-18-38-17-4-5-21-41(38)42)35-47(53)67(48)61-63(70)59(65)62(69)60(66)64(61)71/h1-37H. The summed E-state index contributed by atoms with van der Waals surface area (Å²) in [6, 6.07) is 85.3. The summed E-state index contributed by atoms with van der Waals surface area (Å²) < 4.78 is 0. The first kappa shape index (κ1) is 38.2. The summed E-state index contributed by atoms with van der Waals surface area (Å²) >= 11 is 1.91. The number of fused-ring (bicyclic) bond motifs is 21. The minimum Gasteiger partial charge on any atom is -0.312 e. The van der Waals surface area contributed by atoms with E-state index in [4.69, 9.17) is 0 Å². The molecule has 11 aromatic rings. The lowest BCUT2D eigenvalue weighted by atomic mass is 9.24. The fourth-order valence-electron chi connectivity index (χ4n) is 14.3. The van der Waals surface area contributed by atoms with Crippen LogP contribution in [0.5, 0.6) is 0 Å². The minimum absolute atomic E-state index is 0.0273. The summed E-state index contributed by atoms with van der Waals surface area (Å²) in [5.74, 6) is 0. The highest BCUT2D eigenvalue weighted by Gasteiger charge is 2.57. The number of anilines is 12. The van der Waals surface area contributed by atoms with E-state index in [1.54, 1.807) is 0 Å². The summed E-state index contributed by atoms with van der Waals surface area (Å²) in [6.07, 6.45) is 0. The van der Waals surface area contributed by atoms with Crippen LogP contribution in [0.1, 0.15) is 0 Å². The summed E-state index contributed by atoms with van der Waals surface area (Å²) in [5, 5.41) is 2.53. The molecule has 0 aliphatic carbocycles. The van der Waals surface area contributed by atoms with Crippen LogP contribution in [0, 0.1) is 0 Å². The largest absolute Gasteiger partial charge is 0.312 e. The van der Waals surface area contributed by atoms with Crippen LogP contribution in [0.3, 0.4) is 0 Å². The monoisotopic (exact) mass is 926 g/mol. The number of hydrogen-bond donors (Lipinski definition) is 0. The lowest BCUT2D eigenvalue weighted by Gasteiger charge is -2.55. The van der Waals surface area contributed by atoms with E-state index < -0.39 is 0 Å². The molecule has 0 spiro atoms. The molecule has 0 unspecified atom stereocenters. The smallest absolute Gasteiger partial charge is 0.252 e. The Balaban J connectivity index is 1.03. The second kappa shape index (κ2) is 13.6. The van der Waals surface area contributed by atoms with Gasteiger partial charge in [-0.05, 0) is 138 Å². The van der Waals surface area contributed by atoms with Gasteiger partial charge in [0, 0.05) is 66.7 Å². The van der Waals surface area contributed by atoms with Crippen molar-refractivity contribution >= 4 is 160 Å². The topological polar surface area (TPSA) is 13.0 Å². The average molecular weight is 927 g/mol. The molecule has 18 rings (SSSR count). The number of rotatable bonds is 2. The summed E-state index contributed by atoms with van der Waals surface area (Å²) in [4.78, 5) is 13.1. The first-order valence-corrected chi connectivity index (χ1v) is 26.0. The SMILES string of the molecule is c1ccc(N2c3ccccc3Sc3cc4c(cc32)N2c3ccccc3B3c5ccccc5N5c6ccccc6B6c7ccccc7N7c8ccc(-c9cccc%10ccccc9%10)cc8B4c4c7c6c5c3c42)cc1. The average Bonchev–Trinajstić information content (AvgIpc) is 3.45. The van der Waals surface area contributed by atoms with Crippen molar-refractivity contribution in [3.8, 4) is 11.1 Å². The van der Waals surface area contributed by atoms with Gasteiger partial charge in [-0.1, -0.05) is 169 Å². The lowest BCUT2D eigenvalue weighted by Crippen LogP contribution is -2.74. The Kier molecular flexibility index (Phi) is 7.24. The van der Waals surface area contributed by atoms with Crippen molar-refractivity contribution in [2.24, 2.45) is 0 Å². The number of benzene rings is 11. The van der Waals surface area contributed by atoms with Crippen molar-refractivity contribution in [3.63, 3.8) is 0 Å². The molecule has 11 aromatic carbocycles. The summed E-state index contributed by atoms with van der Waals surface area (Å²) in [6.45, 7) is -0.00197.